The third-order valence-corrected chi connectivity index (χ3v) is 6.67. The molecule has 0 aromatic heterocycles. The summed E-state index contributed by atoms with van der Waals surface area (Å²) in [6.07, 6.45) is 30.2. The predicted octanol–water partition coefficient (Wildman–Crippen LogP) is 7.92. The molecule has 2 atom stereocenters. The molecule has 1 aliphatic heterocycles. The average Bonchev–Trinajstić information content (AvgIpc) is 2.73. The number of unbranched alkanes of at least 4 members (excludes halogenated alkanes) is 17. The molecule has 0 aliphatic carbocycles. The number of nitrogens with one attached hydrogen (secondary N) is 1. The fourth-order valence-corrected chi connectivity index (χ4v) is 4.66. The van der Waals surface area contributed by atoms with E-state index in [2.05, 4.69) is 12.2 Å². The van der Waals surface area contributed by atoms with Crippen LogP contribution in [0.25, 0.3) is 0 Å². The number of hydrogen-bond acceptors (Lipinski definition) is 2. The van der Waals surface area contributed by atoms with Crippen molar-refractivity contribution in [3.8, 4) is 0 Å². The highest BCUT2D eigenvalue weighted by Gasteiger charge is 2.20. The van der Waals surface area contributed by atoms with Gasteiger partial charge in [-0.05, 0) is 25.8 Å². The summed E-state index contributed by atoms with van der Waals surface area (Å²) in [7, 11) is 0. The summed E-state index contributed by atoms with van der Waals surface area (Å²) < 4.78 is 0. The van der Waals surface area contributed by atoms with Gasteiger partial charge in [-0.2, -0.15) is 0 Å². The summed E-state index contributed by atoms with van der Waals surface area (Å²) in [5, 5.41) is 13.7. The fraction of sp³-hybridized carbons (Fsp3) is 1.00. The molecule has 1 aliphatic rings. The van der Waals surface area contributed by atoms with Crippen LogP contribution in [0.3, 0.4) is 0 Å². The zero-order valence-electron chi connectivity index (χ0n) is 19.4. The molecule has 0 radical (unpaired) electrons. The van der Waals surface area contributed by atoms with Gasteiger partial charge in [-0.25, -0.2) is 0 Å². The topological polar surface area (TPSA) is 32.3 Å². The highest BCUT2D eigenvalue weighted by molar-refractivity contribution is 4.79. The van der Waals surface area contributed by atoms with Gasteiger partial charge in [0.2, 0.25) is 0 Å². The smallest absolute Gasteiger partial charge is 0.0693 e. The summed E-state index contributed by atoms with van der Waals surface area (Å²) in [6, 6.07) is 0.375. The standard InChI is InChI=1S/C26H53NO/c1-2-3-4-5-6-7-8-9-10-11-12-13-14-15-16-17-18-19-23-26(28)25-22-20-21-24-27-25/h25-28H,2-24H2,1H3. The van der Waals surface area contributed by atoms with Gasteiger partial charge in [0, 0.05) is 6.04 Å². The maximum absolute atomic E-state index is 10.2. The average molecular weight is 396 g/mol. The highest BCUT2D eigenvalue weighted by Crippen LogP contribution is 2.17. The predicted molar refractivity (Wildman–Crippen MR) is 125 cm³/mol. The van der Waals surface area contributed by atoms with Crippen LogP contribution in [0.5, 0.6) is 0 Å². The van der Waals surface area contributed by atoms with Crippen molar-refractivity contribution in [2.75, 3.05) is 6.54 Å². The Bertz CT molecular complexity index is 301. The molecule has 2 unspecified atom stereocenters. The van der Waals surface area contributed by atoms with E-state index in [0.29, 0.717) is 6.04 Å². The van der Waals surface area contributed by atoms with Gasteiger partial charge in [0.25, 0.3) is 0 Å². The molecule has 1 heterocycles. The molecule has 0 spiro atoms. The minimum atomic E-state index is -0.110. The molecule has 2 N–H and O–H groups in total. The SMILES string of the molecule is CCCCCCCCCCCCCCCCCCCCC(O)C1CCCCN1. The molecular weight excluding hydrogens is 342 g/mol. The van der Waals surface area contributed by atoms with Gasteiger partial charge in [-0.1, -0.05) is 129 Å². The maximum Gasteiger partial charge on any atom is 0.0693 e. The molecule has 28 heavy (non-hydrogen) atoms. The largest absolute Gasteiger partial charge is 0.392 e. The van der Waals surface area contributed by atoms with Crippen LogP contribution < -0.4 is 5.32 Å². The van der Waals surface area contributed by atoms with Crippen LogP contribution in [-0.4, -0.2) is 23.8 Å². The summed E-state index contributed by atoms with van der Waals surface area (Å²) in [6.45, 7) is 3.39. The third-order valence-electron chi connectivity index (χ3n) is 6.67. The van der Waals surface area contributed by atoms with E-state index in [-0.39, 0.29) is 6.10 Å². The van der Waals surface area contributed by atoms with Gasteiger partial charge < -0.3 is 10.4 Å². The monoisotopic (exact) mass is 395 g/mol. The van der Waals surface area contributed by atoms with Crippen molar-refractivity contribution in [1.82, 2.24) is 5.32 Å². The summed E-state index contributed by atoms with van der Waals surface area (Å²) in [5.74, 6) is 0. The molecule has 2 heteroatoms. The first-order valence-electron chi connectivity index (χ1n) is 13.3. The van der Waals surface area contributed by atoms with Crippen molar-refractivity contribution in [3.05, 3.63) is 0 Å². The van der Waals surface area contributed by atoms with Gasteiger partial charge in [-0.3, -0.25) is 0 Å². The van der Waals surface area contributed by atoms with Crippen LogP contribution in [-0.2, 0) is 0 Å². The number of aliphatic hydroxyl groups excluding tert-OH is 1. The first-order chi connectivity index (χ1) is 13.8. The summed E-state index contributed by atoms with van der Waals surface area (Å²) in [4.78, 5) is 0. The molecule has 168 valence electrons. The number of hydrogen-bond donors (Lipinski definition) is 2. The first-order valence-corrected chi connectivity index (χ1v) is 13.3. The Labute approximate surface area is 177 Å². The Morgan fingerprint density at radius 1 is 0.643 bits per heavy atom. The molecule has 0 bridgehead atoms. The van der Waals surface area contributed by atoms with E-state index in [1.165, 1.54) is 135 Å². The lowest BCUT2D eigenvalue weighted by Gasteiger charge is -2.28. The Hall–Kier alpha value is -0.0800. The quantitative estimate of drug-likeness (QED) is 0.205. The Morgan fingerprint density at radius 3 is 1.46 bits per heavy atom. The van der Waals surface area contributed by atoms with Gasteiger partial charge in [0.1, 0.15) is 0 Å². The molecule has 1 fully saturated rings. The molecule has 0 aromatic carbocycles. The Kier molecular flexibility index (Phi) is 18.7. The van der Waals surface area contributed by atoms with Gasteiger partial charge in [0.15, 0.2) is 0 Å². The lowest BCUT2D eigenvalue weighted by Crippen LogP contribution is -2.43. The molecule has 0 saturated carbocycles. The normalized spacial score (nSPS) is 18.4. The first kappa shape index (κ1) is 26.0. The van der Waals surface area contributed by atoms with Crippen LogP contribution in [0, 0.1) is 0 Å². The highest BCUT2D eigenvalue weighted by atomic mass is 16.3. The molecule has 0 amide bonds. The summed E-state index contributed by atoms with van der Waals surface area (Å²) >= 11 is 0. The van der Waals surface area contributed by atoms with Crippen LogP contribution in [0.2, 0.25) is 0 Å². The molecular formula is C26H53NO. The van der Waals surface area contributed by atoms with Crippen molar-refractivity contribution in [1.29, 1.82) is 0 Å². The van der Waals surface area contributed by atoms with Crippen LogP contribution in [0.4, 0.5) is 0 Å². The minimum absolute atomic E-state index is 0.110. The molecule has 1 saturated heterocycles. The van der Waals surface area contributed by atoms with E-state index in [1.807, 2.05) is 0 Å². The van der Waals surface area contributed by atoms with Crippen molar-refractivity contribution in [2.45, 2.75) is 160 Å². The number of piperidine rings is 1. The second kappa shape index (κ2) is 20.2. The van der Waals surface area contributed by atoms with E-state index >= 15 is 0 Å². The zero-order chi connectivity index (χ0) is 20.1. The maximum atomic E-state index is 10.2. The van der Waals surface area contributed by atoms with Crippen LogP contribution >= 0.6 is 0 Å². The van der Waals surface area contributed by atoms with E-state index in [9.17, 15) is 5.11 Å². The van der Waals surface area contributed by atoms with Gasteiger partial charge in [-0.15, -0.1) is 0 Å². The molecule has 0 aromatic rings. The lowest BCUT2D eigenvalue weighted by atomic mass is 9.96. The van der Waals surface area contributed by atoms with E-state index in [1.54, 1.807) is 0 Å². The second-order valence-electron chi connectivity index (χ2n) is 9.42. The zero-order valence-corrected chi connectivity index (χ0v) is 19.4. The van der Waals surface area contributed by atoms with Gasteiger partial charge in [0.05, 0.1) is 6.10 Å². The van der Waals surface area contributed by atoms with Crippen LogP contribution in [0.1, 0.15) is 148 Å². The van der Waals surface area contributed by atoms with E-state index in [4.69, 9.17) is 0 Å². The third kappa shape index (κ3) is 15.8. The van der Waals surface area contributed by atoms with Crippen molar-refractivity contribution >= 4 is 0 Å². The summed E-state index contributed by atoms with van der Waals surface area (Å²) in [5.41, 5.74) is 0. The Balaban J connectivity index is 1.70. The van der Waals surface area contributed by atoms with Crippen LogP contribution in [0.15, 0.2) is 0 Å². The van der Waals surface area contributed by atoms with Crippen molar-refractivity contribution < 1.29 is 5.11 Å². The minimum Gasteiger partial charge on any atom is -0.392 e. The fourth-order valence-electron chi connectivity index (χ4n) is 4.66. The molecule has 2 nitrogen and oxygen atoms in total. The van der Waals surface area contributed by atoms with Crippen molar-refractivity contribution in [3.63, 3.8) is 0 Å². The van der Waals surface area contributed by atoms with Gasteiger partial charge >= 0.3 is 0 Å². The lowest BCUT2D eigenvalue weighted by molar-refractivity contribution is 0.102. The number of rotatable bonds is 20. The number of aliphatic hydroxyl groups is 1. The van der Waals surface area contributed by atoms with E-state index < -0.39 is 0 Å². The second-order valence-corrected chi connectivity index (χ2v) is 9.42. The Morgan fingerprint density at radius 2 is 1.07 bits per heavy atom. The van der Waals surface area contributed by atoms with Crippen molar-refractivity contribution in [2.24, 2.45) is 0 Å². The van der Waals surface area contributed by atoms with E-state index in [0.717, 1.165) is 13.0 Å². The molecule has 1 rings (SSSR count).